The second-order valence-corrected chi connectivity index (χ2v) is 5.81. The molecule has 1 aliphatic heterocycles. The number of rotatable bonds is 1. The molecule has 2 rings (SSSR count). The van der Waals surface area contributed by atoms with Crippen LogP contribution in [0.2, 0.25) is 0 Å². The van der Waals surface area contributed by atoms with E-state index < -0.39 is 0 Å². The zero-order valence-corrected chi connectivity index (χ0v) is 10.9. The van der Waals surface area contributed by atoms with Gasteiger partial charge in [-0.15, -0.1) is 0 Å². The smallest absolute Gasteiger partial charge is 0.128 e. The fraction of sp³-hybridized carbons (Fsp3) is 0.455. The number of benzene rings is 1. The minimum absolute atomic E-state index is 0.120. The van der Waals surface area contributed by atoms with Gasteiger partial charge in [0, 0.05) is 33.6 Å². The molecule has 1 aromatic rings. The molecule has 0 amide bonds. The second kappa shape index (κ2) is 4.85. The molecule has 82 valence electrons. The predicted octanol–water partition coefficient (Wildman–Crippen LogP) is 3.35. The SMILES string of the molecule is CC1CSCC(c2cc(Br)ccc2F)N1. The molecule has 1 aliphatic rings. The fourth-order valence-electron chi connectivity index (χ4n) is 1.76. The van der Waals surface area contributed by atoms with Gasteiger partial charge in [0.25, 0.3) is 0 Å². The topological polar surface area (TPSA) is 12.0 Å². The standard InChI is InChI=1S/C11H13BrFNS/c1-7-5-15-6-11(14-7)9-4-8(12)2-3-10(9)13/h2-4,7,11,14H,5-6H2,1H3. The minimum atomic E-state index is -0.120. The Morgan fingerprint density at radius 2 is 2.27 bits per heavy atom. The van der Waals surface area contributed by atoms with Crippen LogP contribution < -0.4 is 5.32 Å². The van der Waals surface area contributed by atoms with Gasteiger partial charge in [-0.05, 0) is 25.1 Å². The fourth-order valence-corrected chi connectivity index (χ4v) is 3.24. The zero-order valence-electron chi connectivity index (χ0n) is 8.47. The highest BCUT2D eigenvalue weighted by atomic mass is 79.9. The lowest BCUT2D eigenvalue weighted by Gasteiger charge is -2.29. The molecule has 15 heavy (non-hydrogen) atoms. The first kappa shape index (κ1) is 11.4. The van der Waals surface area contributed by atoms with Gasteiger partial charge < -0.3 is 5.32 Å². The Kier molecular flexibility index (Phi) is 3.69. The van der Waals surface area contributed by atoms with E-state index >= 15 is 0 Å². The Labute approximate surface area is 102 Å². The van der Waals surface area contributed by atoms with Gasteiger partial charge in [0.15, 0.2) is 0 Å². The molecular weight excluding hydrogens is 277 g/mol. The third-order valence-corrected chi connectivity index (χ3v) is 4.27. The molecule has 0 saturated carbocycles. The van der Waals surface area contributed by atoms with Crippen LogP contribution in [-0.2, 0) is 0 Å². The number of hydrogen-bond acceptors (Lipinski definition) is 2. The van der Waals surface area contributed by atoms with E-state index in [-0.39, 0.29) is 11.9 Å². The first-order valence-electron chi connectivity index (χ1n) is 4.95. The molecule has 1 fully saturated rings. The van der Waals surface area contributed by atoms with Gasteiger partial charge in [0.2, 0.25) is 0 Å². The highest BCUT2D eigenvalue weighted by molar-refractivity contribution is 9.10. The van der Waals surface area contributed by atoms with E-state index in [1.165, 1.54) is 6.07 Å². The summed E-state index contributed by atoms with van der Waals surface area (Å²) in [6, 6.07) is 5.71. The molecule has 1 heterocycles. The molecule has 0 bridgehead atoms. The number of halogens is 2. The summed E-state index contributed by atoms with van der Waals surface area (Å²) in [6.45, 7) is 2.13. The number of nitrogens with one attached hydrogen (secondary N) is 1. The van der Waals surface area contributed by atoms with Gasteiger partial charge in [0.1, 0.15) is 5.82 Å². The van der Waals surface area contributed by atoms with Crippen LogP contribution >= 0.6 is 27.7 Å². The monoisotopic (exact) mass is 289 g/mol. The maximum absolute atomic E-state index is 13.6. The third kappa shape index (κ3) is 2.74. The molecule has 4 heteroatoms. The Bertz CT molecular complexity index is 358. The molecule has 1 aromatic carbocycles. The first-order valence-corrected chi connectivity index (χ1v) is 6.90. The van der Waals surface area contributed by atoms with E-state index in [2.05, 4.69) is 28.2 Å². The highest BCUT2D eigenvalue weighted by Gasteiger charge is 2.22. The molecule has 0 radical (unpaired) electrons. The van der Waals surface area contributed by atoms with Crippen LogP contribution in [0.1, 0.15) is 18.5 Å². The van der Waals surface area contributed by atoms with E-state index in [4.69, 9.17) is 0 Å². The van der Waals surface area contributed by atoms with Gasteiger partial charge >= 0.3 is 0 Å². The van der Waals surface area contributed by atoms with Crippen molar-refractivity contribution in [1.82, 2.24) is 5.32 Å². The van der Waals surface area contributed by atoms with Crippen LogP contribution in [0.5, 0.6) is 0 Å². The molecule has 2 atom stereocenters. The summed E-state index contributed by atoms with van der Waals surface area (Å²) in [7, 11) is 0. The van der Waals surface area contributed by atoms with Crippen molar-refractivity contribution in [2.45, 2.75) is 19.0 Å². The van der Waals surface area contributed by atoms with Crippen LogP contribution in [0.3, 0.4) is 0 Å². The van der Waals surface area contributed by atoms with E-state index in [0.29, 0.717) is 6.04 Å². The maximum atomic E-state index is 13.6. The summed E-state index contributed by atoms with van der Waals surface area (Å²) in [5.74, 6) is 1.93. The molecule has 1 N–H and O–H groups in total. The molecule has 1 saturated heterocycles. The van der Waals surface area contributed by atoms with Crippen molar-refractivity contribution >= 4 is 27.7 Å². The van der Waals surface area contributed by atoms with Gasteiger partial charge in [0.05, 0.1) is 0 Å². The molecule has 1 nitrogen and oxygen atoms in total. The molecule has 2 unspecified atom stereocenters. The Morgan fingerprint density at radius 3 is 3.00 bits per heavy atom. The molecule has 0 spiro atoms. The quantitative estimate of drug-likeness (QED) is 0.851. The Balaban J connectivity index is 2.24. The van der Waals surface area contributed by atoms with Crippen LogP contribution in [0.25, 0.3) is 0 Å². The molecule has 0 aromatic heterocycles. The van der Waals surface area contributed by atoms with Crippen LogP contribution in [0.15, 0.2) is 22.7 Å². The van der Waals surface area contributed by atoms with Crippen LogP contribution in [0, 0.1) is 5.82 Å². The zero-order chi connectivity index (χ0) is 10.8. The molecular formula is C11H13BrFNS. The lowest BCUT2D eigenvalue weighted by Crippen LogP contribution is -2.38. The average Bonchev–Trinajstić information content (AvgIpc) is 2.22. The van der Waals surface area contributed by atoms with Crippen molar-refractivity contribution in [3.8, 4) is 0 Å². The van der Waals surface area contributed by atoms with E-state index in [1.807, 2.05) is 17.8 Å². The Hall–Kier alpha value is -0.0600. The van der Waals surface area contributed by atoms with Crippen molar-refractivity contribution in [3.63, 3.8) is 0 Å². The summed E-state index contributed by atoms with van der Waals surface area (Å²) >= 11 is 5.25. The summed E-state index contributed by atoms with van der Waals surface area (Å²) in [4.78, 5) is 0. The van der Waals surface area contributed by atoms with Gasteiger partial charge in [-0.1, -0.05) is 15.9 Å². The second-order valence-electron chi connectivity index (χ2n) is 3.82. The van der Waals surface area contributed by atoms with Crippen molar-refractivity contribution in [3.05, 3.63) is 34.1 Å². The summed E-state index contributed by atoms with van der Waals surface area (Å²) in [6.07, 6.45) is 0. The van der Waals surface area contributed by atoms with Crippen molar-refractivity contribution in [1.29, 1.82) is 0 Å². The van der Waals surface area contributed by atoms with E-state index in [0.717, 1.165) is 21.5 Å². The van der Waals surface area contributed by atoms with E-state index in [9.17, 15) is 4.39 Å². The first-order chi connectivity index (χ1) is 7.16. The summed E-state index contributed by atoms with van der Waals surface area (Å²) < 4.78 is 14.5. The normalized spacial score (nSPS) is 26.6. The third-order valence-electron chi connectivity index (χ3n) is 2.47. The predicted molar refractivity (Wildman–Crippen MR) is 66.8 cm³/mol. The van der Waals surface area contributed by atoms with Crippen LogP contribution in [0.4, 0.5) is 4.39 Å². The van der Waals surface area contributed by atoms with Crippen molar-refractivity contribution in [2.75, 3.05) is 11.5 Å². The lowest BCUT2D eigenvalue weighted by atomic mass is 10.1. The Morgan fingerprint density at radius 1 is 1.47 bits per heavy atom. The summed E-state index contributed by atoms with van der Waals surface area (Å²) in [5, 5.41) is 3.42. The van der Waals surface area contributed by atoms with Gasteiger partial charge in [-0.3, -0.25) is 0 Å². The lowest BCUT2D eigenvalue weighted by molar-refractivity contribution is 0.480. The van der Waals surface area contributed by atoms with Crippen molar-refractivity contribution in [2.24, 2.45) is 0 Å². The van der Waals surface area contributed by atoms with Crippen LogP contribution in [-0.4, -0.2) is 17.5 Å². The number of hydrogen-bond donors (Lipinski definition) is 1. The highest BCUT2D eigenvalue weighted by Crippen LogP contribution is 2.28. The van der Waals surface area contributed by atoms with E-state index in [1.54, 1.807) is 6.07 Å². The van der Waals surface area contributed by atoms with Gasteiger partial charge in [-0.25, -0.2) is 4.39 Å². The maximum Gasteiger partial charge on any atom is 0.128 e. The van der Waals surface area contributed by atoms with Gasteiger partial charge in [-0.2, -0.15) is 11.8 Å². The minimum Gasteiger partial charge on any atom is -0.306 e. The largest absolute Gasteiger partial charge is 0.306 e. The molecule has 0 aliphatic carbocycles. The number of thioether (sulfide) groups is 1. The average molecular weight is 290 g/mol. The van der Waals surface area contributed by atoms with Crippen molar-refractivity contribution < 1.29 is 4.39 Å². The summed E-state index contributed by atoms with van der Waals surface area (Å²) in [5.41, 5.74) is 0.767.